The van der Waals surface area contributed by atoms with Crippen LogP contribution in [-0.2, 0) is 13.1 Å². The smallest absolute Gasteiger partial charge is 0.272 e. The Morgan fingerprint density at radius 2 is 2.08 bits per heavy atom. The average molecular weight is 339 g/mol. The van der Waals surface area contributed by atoms with E-state index in [0.29, 0.717) is 36.4 Å². The SMILES string of the molecule is CCN(Cc1ccoc1)C(=O)c1ccc2c(c1)nc(C)c(=O)n2CC. The first-order valence-corrected chi connectivity index (χ1v) is 8.36. The molecule has 0 spiro atoms. The molecular weight excluding hydrogens is 318 g/mol. The molecule has 0 aliphatic heterocycles. The minimum absolute atomic E-state index is 0.0701. The van der Waals surface area contributed by atoms with E-state index in [1.807, 2.05) is 19.9 Å². The Morgan fingerprint density at radius 1 is 1.28 bits per heavy atom. The molecule has 0 saturated heterocycles. The minimum atomic E-state index is -0.0933. The standard InChI is InChI=1S/C19H21N3O3/c1-4-21(11-14-8-9-25-12-14)19(24)15-6-7-17-16(10-15)20-13(3)18(23)22(17)5-2/h6-10,12H,4-5,11H2,1-3H3. The van der Waals surface area contributed by atoms with Gasteiger partial charge < -0.3 is 13.9 Å². The molecule has 0 bridgehead atoms. The maximum Gasteiger partial charge on any atom is 0.272 e. The molecule has 25 heavy (non-hydrogen) atoms. The second kappa shape index (κ2) is 6.93. The van der Waals surface area contributed by atoms with Crippen molar-refractivity contribution in [3.63, 3.8) is 0 Å². The molecule has 3 rings (SSSR count). The summed E-state index contributed by atoms with van der Waals surface area (Å²) in [5, 5.41) is 0. The molecule has 3 aromatic rings. The van der Waals surface area contributed by atoms with Gasteiger partial charge in [0.1, 0.15) is 5.69 Å². The van der Waals surface area contributed by atoms with E-state index < -0.39 is 0 Å². The fourth-order valence-corrected chi connectivity index (χ4v) is 2.93. The van der Waals surface area contributed by atoms with E-state index in [1.165, 1.54) is 0 Å². The highest BCUT2D eigenvalue weighted by Crippen LogP contribution is 2.16. The van der Waals surface area contributed by atoms with Gasteiger partial charge in [-0.1, -0.05) is 0 Å². The Labute approximate surface area is 145 Å². The normalized spacial score (nSPS) is 11.0. The van der Waals surface area contributed by atoms with E-state index in [4.69, 9.17) is 4.42 Å². The van der Waals surface area contributed by atoms with Crippen LogP contribution < -0.4 is 5.56 Å². The van der Waals surface area contributed by atoms with Crippen LogP contribution in [0.4, 0.5) is 0 Å². The monoisotopic (exact) mass is 339 g/mol. The van der Waals surface area contributed by atoms with Crippen LogP contribution in [0.3, 0.4) is 0 Å². The number of benzene rings is 1. The first-order valence-electron chi connectivity index (χ1n) is 8.36. The number of amides is 1. The van der Waals surface area contributed by atoms with Crippen molar-refractivity contribution in [3.8, 4) is 0 Å². The highest BCUT2D eigenvalue weighted by atomic mass is 16.3. The summed E-state index contributed by atoms with van der Waals surface area (Å²) in [6.07, 6.45) is 3.24. The highest BCUT2D eigenvalue weighted by Gasteiger charge is 2.17. The number of fused-ring (bicyclic) bond motifs is 1. The van der Waals surface area contributed by atoms with Gasteiger partial charge >= 0.3 is 0 Å². The second-order valence-corrected chi connectivity index (χ2v) is 5.90. The average Bonchev–Trinajstić information content (AvgIpc) is 3.13. The molecule has 0 aliphatic carbocycles. The number of hydrogen-bond acceptors (Lipinski definition) is 4. The zero-order valence-corrected chi connectivity index (χ0v) is 14.7. The van der Waals surface area contributed by atoms with Crippen LogP contribution in [0.25, 0.3) is 11.0 Å². The highest BCUT2D eigenvalue weighted by molar-refractivity contribution is 5.97. The number of carbonyl (C=O) groups is 1. The van der Waals surface area contributed by atoms with Gasteiger partial charge in [0, 0.05) is 30.8 Å². The van der Waals surface area contributed by atoms with Crippen LogP contribution in [0.5, 0.6) is 0 Å². The zero-order valence-electron chi connectivity index (χ0n) is 14.7. The van der Waals surface area contributed by atoms with Crippen LogP contribution in [-0.4, -0.2) is 26.9 Å². The van der Waals surface area contributed by atoms with Crippen molar-refractivity contribution < 1.29 is 9.21 Å². The van der Waals surface area contributed by atoms with E-state index >= 15 is 0 Å². The molecule has 0 fully saturated rings. The predicted octanol–water partition coefficient (Wildman–Crippen LogP) is 2.98. The molecule has 1 aromatic carbocycles. The van der Waals surface area contributed by atoms with Gasteiger partial charge in [-0.05, 0) is 45.0 Å². The number of furan rings is 1. The van der Waals surface area contributed by atoms with Gasteiger partial charge in [-0.15, -0.1) is 0 Å². The number of nitrogens with zero attached hydrogens (tertiary/aromatic N) is 3. The summed E-state index contributed by atoms with van der Waals surface area (Å²) in [7, 11) is 0. The lowest BCUT2D eigenvalue weighted by Gasteiger charge is -2.20. The molecule has 0 aliphatic rings. The molecule has 0 N–H and O–H groups in total. The van der Waals surface area contributed by atoms with Crippen LogP contribution in [0.1, 0.15) is 35.5 Å². The third-order valence-electron chi connectivity index (χ3n) is 4.29. The van der Waals surface area contributed by atoms with E-state index in [9.17, 15) is 9.59 Å². The quantitative estimate of drug-likeness (QED) is 0.717. The molecule has 0 atom stereocenters. The molecule has 2 heterocycles. The summed E-state index contributed by atoms with van der Waals surface area (Å²) in [4.78, 5) is 31.1. The van der Waals surface area contributed by atoms with Gasteiger partial charge in [0.25, 0.3) is 11.5 Å². The van der Waals surface area contributed by atoms with Gasteiger partial charge in [0.05, 0.1) is 23.6 Å². The topological polar surface area (TPSA) is 68.3 Å². The number of rotatable bonds is 5. The Balaban J connectivity index is 1.99. The molecular formula is C19H21N3O3. The van der Waals surface area contributed by atoms with Gasteiger partial charge in [0.15, 0.2) is 0 Å². The van der Waals surface area contributed by atoms with Crippen molar-refractivity contribution in [3.05, 3.63) is 64.0 Å². The summed E-state index contributed by atoms with van der Waals surface area (Å²) in [5.41, 5.74) is 3.25. The van der Waals surface area contributed by atoms with Crippen LogP contribution in [0.2, 0.25) is 0 Å². The van der Waals surface area contributed by atoms with Gasteiger partial charge in [0.2, 0.25) is 0 Å². The fourth-order valence-electron chi connectivity index (χ4n) is 2.93. The molecule has 0 saturated carbocycles. The van der Waals surface area contributed by atoms with Crippen LogP contribution in [0, 0.1) is 6.92 Å². The molecule has 6 nitrogen and oxygen atoms in total. The number of carbonyl (C=O) groups excluding carboxylic acids is 1. The van der Waals surface area contributed by atoms with Crippen LogP contribution in [0.15, 0.2) is 46.0 Å². The Morgan fingerprint density at radius 3 is 2.72 bits per heavy atom. The maximum atomic E-state index is 12.9. The lowest BCUT2D eigenvalue weighted by molar-refractivity contribution is 0.0752. The molecule has 0 unspecified atom stereocenters. The molecule has 1 amide bonds. The fraction of sp³-hybridized carbons (Fsp3) is 0.316. The third kappa shape index (κ3) is 3.20. The van der Waals surface area contributed by atoms with E-state index in [2.05, 4.69) is 4.98 Å². The van der Waals surface area contributed by atoms with Crippen molar-refractivity contribution in [2.75, 3.05) is 6.54 Å². The lowest BCUT2D eigenvalue weighted by atomic mass is 10.1. The Bertz CT molecular complexity index is 958. The van der Waals surface area contributed by atoms with Gasteiger partial charge in [-0.3, -0.25) is 9.59 Å². The lowest BCUT2D eigenvalue weighted by Crippen LogP contribution is -2.30. The van der Waals surface area contributed by atoms with Crippen molar-refractivity contribution in [2.24, 2.45) is 0 Å². The zero-order chi connectivity index (χ0) is 18.0. The van der Waals surface area contributed by atoms with Gasteiger partial charge in [-0.2, -0.15) is 0 Å². The second-order valence-electron chi connectivity index (χ2n) is 5.90. The van der Waals surface area contributed by atoms with Crippen molar-refractivity contribution in [1.82, 2.24) is 14.5 Å². The van der Waals surface area contributed by atoms with Crippen LogP contribution >= 0.6 is 0 Å². The first kappa shape index (κ1) is 17.0. The molecule has 2 aromatic heterocycles. The van der Waals surface area contributed by atoms with Gasteiger partial charge in [-0.25, -0.2) is 4.98 Å². The Hall–Kier alpha value is -2.89. The summed E-state index contributed by atoms with van der Waals surface area (Å²) < 4.78 is 6.75. The first-order chi connectivity index (χ1) is 12.0. The molecule has 6 heteroatoms. The minimum Gasteiger partial charge on any atom is -0.472 e. The van der Waals surface area contributed by atoms with Crippen molar-refractivity contribution in [2.45, 2.75) is 33.9 Å². The molecule has 130 valence electrons. The van der Waals surface area contributed by atoms with Crippen molar-refractivity contribution >= 4 is 16.9 Å². The Kier molecular flexibility index (Phi) is 4.70. The summed E-state index contributed by atoms with van der Waals surface area (Å²) in [6, 6.07) is 7.16. The summed E-state index contributed by atoms with van der Waals surface area (Å²) in [6.45, 7) is 7.19. The van der Waals surface area contributed by atoms with Crippen molar-refractivity contribution in [1.29, 1.82) is 0 Å². The summed E-state index contributed by atoms with van der Waals surface area (Å²) >= 11 is 0. The third-order valence-corrected chi connectivity index (χ3v) is 4.29. The summed E-state index contributed by atoms with van der Waals surface area (Å²) in [5.74, 6) is -0.0701. The predicted molar refractivity (Wildman–Crippen MR) is 95.5 cm³/mol. The molecule has 0 radical (unpaired) electrons. The van der Waals surface area contributed by atoms with E-state index in [-0.39, 0.29) is 11.5 Å². The number of aryl methyl sites for hydroxylation is 2. The number of hydrogen-bond donors (Lipinski definition) is 0. The largest absolute Gasteiger partial charge is 0.472 e. The number of aromatic nitrogens is 2. The van der Waals surface area contributed by atoms with E-state index in [0.717, 1.165) is 11.1 Å². The van der Waals surface area contributed by atoms with E-state index in [1.54, 1.807) is 47.1 Å². The maximum absolute atomic E-state index is 12.9.